The third kappa shape index (κ3) is 7.34. The number of amides is 1. The van der Waals surface area contributed by atoms with Gasteiger partial charge in [0.2, 0.25) is 5.91 Å². The average molecular weight is 199 g/mol. The molecule has 1 rings (SSSR count). The summed E-state index contributed by atoms with van der Waals surface area (Å²) in [6.07, 6.45) is 5.29. The van der Waals surface area contributed by atoms with Gasteiger partial charge in [-0.05, 0) is 12.8 Å². The quantitative estimate of drug-likeness (QED) is 0.506. The molecule has 1 heterocycles. The summed E-state index contributed by atoms with van der Waals surface area (Å²) in [7, 11) is 1.31. The van der Waals surface area contributed by atoms with Crippen molar-refractivity contribution in [3.63, 3.8) is 0 Å². The fourth-order valence-electron chi connectivity index (χ4n) is 0.987. The third-order valence-corrected chi connectivity index (χ3v) is 1.77. The van der Waals surface area contributed by atoms with Gasteiger partial charge in [-0.25, -0.2) is 4.79 Å². The Hall–Kier alpha value is -1.32. The Labute approximate surface area is 84.3 Å². The Kier molecular flexibility index (Phi) is 7.50. The van der Waals surface area contributed by atoms with Gasteiger partial charge in [-0.1, -0.05) is 13.0 Å². The van der Waals surface area contributed by atoms with Crippen LogP contribution in [0.2, 0.25) is 0 Å². The minimum atomic E-state index is -0.394. The van der Waals surface area contributed by atoms with E-state index in [0.717, 1.165) is 31.9 Å². The maximum absolute atomic E-state index is 10.6. The topological polar surface area (TPSA) is 55.4 Å². The van der Waals surface area contributed by atoms with E-state index in [1.807, 2.05) is 0 Å². The van der Waals surface area contributed by atoms with Crippen LogP contribution in [0, 0.1) is 0 Å². The van der Waals surface area contributed by atoms with Gasteiger partial charge in [0.15, 0.2) is 0 Å². The number of carbonyl (C=O) groups excluding carboxylic acids is 2. The second-order valence-electron chi connectivity index (χ2n) is 2.89. The molecule has 4 heteroatoms. The molecule has 1 N–H and O–H groups in total. The molecule has 1 aliphatic rings. The van der Waals surface area contributed by atoms with Gasteiger partial charge in [0.1, 0.15) is 0 Å². The average Bonchev–Trinajstić information content (AvgIpc) is 2.45. The molecular formula is C10H17NO3. The van der Waals surface area contributed by atoms with Crippen LogP contribution in [0.15, 0.2) is 12.7 Å². The number of esters is 1. The first-order valence-corrected chi connectivity index (χ1v) is 4.67. The third-order valence-electron chi connectivity index (χ3n) is 1.77. The van der Waals surface area contributed by atoms with Crippen molar-refractivity contribution >= 4 is 11.9 Å². The summed E-state index contributed by atoms with van der Waals surface area (Å²) >= 11 is 0. The monoisotopic (exact) mass is 199 g/mol. The summed E-state index contributed by atoms with van der Waals surface area (Å²) in [5, 5.41) is 2.81. The standard InChI is InChI=1S/C6H11NO.C4H6O2/c8-6-4-2-1-3-5-7-6;1-3-4(5)6-2/h1-5H2,(H,7,8);3H,1H2,2H3. The number of hydrogen-bond donors (Lipinski definition) is 1. The Bertz CT molecular complexity index is 192. The molecular weight excluding hydrogens is 182 g/mol. The van der Waals surface area contributed by atoms with E-state index < -0.39 is 5.97 Å². The highest BCUT2D eigenvalue weighted by Crippen LogP contribution is 2.02. The molecule has 1 aliphatic heterocycles. The van der Waals surface area contributed by atoms with Crippen LogP contribution in [0.3, 0.4) is 0 Å². The first-order valence-electron chi connectivity index (χ1n) is 4.67. The van der Waals surface area contributed by atoms with Crippen LogP contribution < -0.4 is 5.32 Å². The van der Waals surface area contributed by atoms with Crippen LogP contribution in [0.4, 0.5) is 0 Å². The van der Waals surface area contributed by atoms with Gasteiger partial charge in [-0.3, -0.25) is 4.79 Å². The maximum atomic E-state index is 10.6. The molecule has 0 saturated carbocycles. The summed E-state index contributed by atoms with van der Waals surface area (Å²) in [4.78, 5) is 20.4. The number of hydrogen-bond acceptors (Lipinski definition) is 3. The molecule has 0 bridgehead atoms. The van der Waals surface area contributed by atoms with E-state index in [4.69, 9.17) is 0 Å². The van der Waals surface area contributed by atoms with Crippen molar-refractivity contribution in [3.05, 3.63) is 12.7 Å². The summed E-state index contributed by atoms with van der Waals surface area (Å²) in [6.45, 7) is 4.04. The predicted octanol–water partition coefficient (Wildman–Crippen LogP) is 1.02. The lowest BCUT2D eigenvalue weighted by Crippen LogP contribution is -2.21. The van der Waals surface area contributed by atoms with Gasteiger partial charge >= 0.3 is 5.97 Å². The zero-order valence-corrected chi connectivity index (χ0v) is 8.54. The van der Waals surface area contributed by atoms with Crippen molar-refractivity contribution in [3.8, 4) is 0 Å². The summed E-state index contributed by atoms with van der Waals surface area (Å²) in [5.41, 5.74) is 0. The van der Waals surface area contributed by atoms with E-state index in [-0.39, 0.29) is 5.91 Å². The number of nitrogens with one attached hydrogen (secondary N) is 1. The lowest BCUT2D eigenvalue weighted by molar-refractivity contribution is -0.134. The van der Waals surface area contributed by atoms with Crippen LogP contribution in [0.25, 0.3) is 0 Å². The molecule has 14 heavy (non-hydrogen) atoms. The fourth-order valence-corrected chi connectivity index (χ4v) is 0.987. The highest BCUT2D eigenvalue weighted by Gasteiger charge is 2.03. The SMILES string of the molecule is C=CC(=O)OC.O=C1CCCCCN1. The van der Waals surface area contributed by atoms with Crippen LogP contribution in [-0.2, 0) is 14.3 Å². The molecule has 0 spiro atoms. The van der Waals surface area contributed by atoms with Crippen molar-refractivity contribution in [1.82, 2.24) is 5.32 Å². The molecule has 0 aromatic heterocycles. The Morgan fingerprint density at radius 3 is 2.71 bits per heavy atom. The number of carbonyl (C=O) groups is 2. The Balaban J connectivity index is 0.000000255. The highest BCUT2D eigenvalue weighted by molar-refractivity contribution is 5.80. The van der Waals surface area contributed by atoms with Gasteiger partial charge in [0, 0.05) is 19.0 Å². The predicted molar refractivity (Wildman–Crippen MR) is 53.7 cm³/mol. The second kappa shape index (κ2) is 8.29. The molecule has 1 fully saturated rings. The fraction of sp³-hybridized carbons (Fsp3) is 0.600. The van der Waals surface area contributed by atoms with E-state index in [9.17, 15) is 9.59 Å². The lowest BCUT2D eigenvalue weighted by atomic mass is 10.2. The maximum Gasteiger partial charge on any atom is 0.329 e. The van der Waals surface area contributed by atoms with E-state index in [0.29, 0.717) is 0 Å². The van der Waals surface area contributed by atoms with Gasteiger partial charge in [0.05, 0.1) is 7.11 Å². The van der Waals surface area contributed by atoms with Crippen molar-refractivity contribution in [2.75, 3.05) is 13.7 Å². The molecule has 0 radical (unpaired) electrons. The van der Waals surface area contributed by atoms with Crippen LogP contribution in [-0.4, -0.2) is 25.5 Å². The Morgan fingerprint density at radius 1 is 1.50 bits per heavy atom. The molecule has 0 unspecified atom stereocenters. The smallest absolute Gasteiger partial charge is 0.329 e. The van der Waals surface area contributed by atoms with Gasteiger partial charge < -0.3 is 10.1 Å². The molecule has 80 valence electrons. The number of methoxy groups -OCH3 is 1. The van der Waals surface area contributed by atoms with Crippen molar-refractivity contribution in [2.24, 2.45) is 0 Å². The summed E-state index contributed by atoms with van der Waals surface area (Å²) in [6, 6.07) is 0. The van der Waals surface area contributed by atoms with Crippen LogP contribution in [0.5, 0.6) is 0 Å². The van der Waals surface area contributed by atoms with Crippen molar-refractivity contribution in [1.29, 1.82) is 0 Å². The molecule has 1 amide bonds. The molecule has 4 nitrogen and oxygen atoms in total. The first kappa shape index (κ1) is 12.7. The van der Waals surface area contributed by atoms with Gasteiger partial charge in [0.25, 0.3) is 0 Å². The first-order chi connectivity index (χ1) is 6.70. The highest BCUT2D eigenvalue weighted by atomic mass is 16.5. The molecule has 0 atom stereocenters. The van der Waals surface area contributed by atoms with E-state index in [2.05, 4.69) is 16.6 Å². The zero-order chi connectivity index (χ0) is 10.8. The van der Waals surface area contributed by atoms with Gasteiger partial charge in [-0.15, -0.1) is 0 Å². The van der Waals surface area contributed by atoms with E-state index in [1.165, 1.54) is 13.5 Å². The second-order valence-corrected chi connectivity index (χ2v) is 2.89. The van der Waals surface area contributed by atoms with E-state index >= 15 is 0 Å². The van der Waals surface area contributed by atoms with Crippen molar-refractivity contribution < 1.29 is 14.3 Å². The summed E-state index contributed by atoms with van der Waals surface area (Å²) in [5.74, 6) is -0.169. The molecule has 0 aromatic carbocycles. The summed E-state index contributed by atoms with van der Waals surface area (Å²) < 4.78 is 4.14. The van der Waals surface area contributed by atoms with Gasteiger partial charge in [-0.2, -0.15) is 0 Å². The Morgan fingerprint density at radius 2 is 2.21 bits per heavy atom. The molecule has 1 saturated heterocycles. The minimum absolute atomic E-state index is 0.225. The molecule has 0 aromatic rings. The molecule has 0 aliphatic carbocycles. The largest absolute Gasteiger partial charge is 0.466 e. The zero-order valence-electron chi connectivity index (χ0n) is 8.54. The number of rotatable bonds is 1. The number of ether oxygens (including phenoxy) is 1. The minimum Gasteiger partial charge on any atom is -0.466 e. The van der Waals surface area contributed by atoms with Crippen LogP contribution in [0.1, 0.15) is 25.7 Å². The van der Waals surface area contributed by atoms with E-state index in [1.54, 1.807) is 0 Å². The van der Waals surface area contributed by atoms with Crippen LogP contribution >= 0.6 is 0 Å². The van der Waals surface area contributed by atoms with Crippen molar-refractivity contribution in [2.45, 2.75) is 25.7 Å². The lowest BCUT2D eigenvalue weighted by Gasteiger charge is -1.93. The normalized spacial score (nSPS) is 15.4.